The molecule has 2 amide bonds. The molecule has 0 heterocycles. The highest BCUT2D eigenvalue weighted by Crippen LogP contribution is 2.33. The lowest BCUT2D eigenvalue weighted by Gasteiger charge is -2.31. The first kappa shape index (κ1) is 27.3. The van der Waals surface area contributed by atoms with Crippen LogP contribution in [0.2, 0.25) is 0 Å². The van der Waals surface area contributed by atoms with Crippen LogP contribution < -0.4 is 10.1 Å². The molecular formula is C31H30BrFN2O3. The summed E-state index contributed by atoms with van der Waals surface area (Å²) in [5, 5.41) is 4.91. The van der Waals surface area contributed by atoms with Crippen LogP contribution in [0.15, 0.2) is 95.5 Å². The molecule has 196 valence electrons. The van der Waals surface area contributed by atoms with Crippen LogP contribution in [0, 0.1) is 5.82 Å². The van der Waals surface area contributed by atoms with E-state index in [1.54, 1.807) is 24.3 Å². The summed E-state index contributed by atoms with van der Waals surface area (Å²) < 4.78 is 21.4. The maximum absolute atomic E-state index is 14.7. The molecule has 7 heteroatoms. The fraction of sp³-hybridized carbons (Fsp3) is 0.226. The second-order valence-corrected chi connectivity index (χ2v) is 9.79. The number of fused-ring (bicyclic) bond motifs is 1. The molecule has 0 aliphatic carbocycles. The van der Waals surface area contributed by atoms with Gasteiger partial charge in [0.2, 0.25) is 5.91 Å². The maximum Gasteiger partial charge on any atom is 0.261 e. The van der Waals surface area contributed by atoms with Gasteiger partial charge in [-0.2, -0.15) is 0 Å². The van der Waals surface area contributed by atoms with Crippen LogP contribution >= 0.6 is 15.9 Å². The molecule has 0 saturated carbocycles. The molecule has 4 rings (SSSR count). The molecule has 4 aromatic rings. The number of rotatable bonds is 11. The molecule has 5 nitrogen and oxygen atoms in total. The van der Waals surface area contributed by atoms with Crippen LogP contribution in [-0.2, 0) is 22.6 Å². The monoisotopic (exact) mass is 576 g/mol. The summed E-state index contributed by atoms with van der Waals surface area (Å²) in [6.07, 6.45) is 1.04. The molecule has 0 aromatic heterocycles. The van der Waals surface area contributed by atoms with E-state index in [9.17, 15) is 14.0 Å². The van der Waals surface area contributed by atoms with Crippen molar-refractivity contribution >= 4 is 38.5 Å². The molecular weight excluding hydrogens is 547 g/mol. The van der Waals surface area contributed by atoms with Crippen LogP contribution in [0.4, 0.5) is 4.39 Å². The number of carbonyl (C=O) groups is 2. The number of hydrogen-bond donors (Lipinski definition) is 1. The largest absolute Gasteiger partial charge is 0.483 e. The van der Waals surface area contributed by atoms with Gasteiger partial charge in [0.1, 0.15) is 17.6 Å². The van der Waals surface area contributed by atoms with E-state index >= 15 is 0 Å². The lowest BCUT2D eigenvalue weighted by molar-refractivity contribution is -0.142. The van der Waals surface area contributed by atoms with Crippen LogP contribution in [-0.4, -0.2) is 35.9 Å². The third-order valence-electron chi connectivity index (χ3n) is 6.30. The molecule has 0 saturated heterocycles. The first-order chi connectivity index (χ1) is 18.5. The molecule has 1 atom stereocenters. The zero-order valence-electron chi connectivity index (χ0n) is 21.2. The van der Waals surface area contributed by atoms with Crippen molar-refractivity contribution in [3.63, 3.8) is 0 Å². The predicted molar refractivity (Wildman–Crippen MR) is 151 cm³/mol. The van der Waals surface area contributed by atoms with E-state index in [0.717, 1.165) is 27.2 Å². The average molecular weight is 577 g/mol. The minimum Gasteiger partial charge on any atom is -0.483 e. The van der Waals surface area contributed by atoms with Crippen molar-refractivity contribution in [1.82, 2.24) is 10.2 Å². The molecule has 0 aliphatic heterocycles. The summed E-state index contributed by atoms with van der Waals surface area (Å²) in [7, 11) is 0. The quantitative estimate of drug-likeness (QED) is 0.228. The van der Waals surface area contributed by atoms with Crippen LogP contribution in [0.5, 0.6) is 5.75 Å². The summed E-state index contributed by atoms with van der Waals surface area (Å²) in [5.74, 6) is -0.623. The number of nitrogens with zero attached hydrogens (tertiary/aromatic N) is 1. The van der Waals surface area contributed by atoms with E-state index in [1.807, 2.05) is 67.6 Å². The van der Waals surface area contributed by atoms with E-state index in [0.29, 0.717) is 17.9 Å². The Labute approximate surface area is 230 Å². The molecule has 38 heavy (non-hydrogen) atoms. The van der Waals surface area contributed by atoms with Crippen molar-refractivity contribution in [2.75, 3.05) is 13.2 Å². The van der Waals surface area contributed by atoms with Gasteiger partial charge in [-0.25, -0.2) is 4.39 Å². The third kappa shape index (κ3) is 6.78. The number of halogens is 2. The minimum atomic E-state index is -0.847. The van der Waals surface area contributed by atoms with Crippen molar-refractivity contribution < 1.29 is 18.7 Å². The predicted octanol–water partition coefficient (Wildman–Crippen LogP) is 6.29. The molecule has 0 bridgehead atoms. The maximum atomic E-state index is 14.7. The zero-order valence-corrected chi connectivity index (χ0v) is 22.8. The average Bonchev–Trinajstić information content (AvgIpc) is 2.94. The Hall–Kier alpha value is -3.71. The van der Waals surface area contributed by atoms with Gasteiger partial charge >= 0.3 is 0 Å². The van der Waals surface area contributed by atoms with E-state index < -0.39 is 17.8 Å². The molecule has 1 N–H and O–H groups in total. The van der Waals surface area contributed by atoms with Crippen LogP contribution in [0.25, 0.3) is 10.8 Å². The lowest BCUT2D eigenvalue weighted by Crippen LogP contribution is -2.52. The Balaban J connectivity index is 1.64. The van der Waals surface area contributed by atoms with Crippen molar-refractivity contribution in [2.24, 2.45) is 0 Å². The topological polar surface area (TPSA) is 58.6 Å². The normalized spacial score (nSPS) is 11.7. The number of carbonyl (C=O) groups excluding carboxylic acids is 2. The zero-order chi connectivity index (χ0) is 26.9. The van der Waals surface area contributed by atoms with Gasteiger partial charge in [0, 0.05) is 25.1 Å². The SMILES string of the molecule is CCCNC(=O)[C@H](Cc1ccccc1)N(Cc1ccccc1F)C(=O)COc1ccc2ccccc2c1Br. The van der Waals surface area contributed by atoms with Crippen molar-refractivity contribution in [3.05, 3.63) is 112 Å². The molecule has 0 aliphatic rings. The van der Waals surface area contributed by atoms with E-state index in [1.165, 1.54) is 11.0 Å². The van der Waals surface area contributed by atoms with Gasteiger partial charge < -0.3 is 15.0 Å². The Morgan fingerprint density at radius 3 is 2.42 bits per heavy atom. The minimum absolute atomic E-state index is 0.0647. The Morgan fingerprint density at radius 2 is 1.66 bits per heavy atom. The third-order valence-corrected chi connectivity index (χ3v) is 7.12. The van der Waals surface area contributed by atoms with Gasteiger partial charge in [0.05, 0.1) is 4.47 Å². The molecule has 0 fully saturated rings. The standard InChI is InChI=1S/C31H30BrFN2O3/c1-2-18-34-31(37)27(19-22-10-4-3-5-11-22)35(20-24-13-7-9-15-26(24)33)29(36)21-38-28-17-16-23-12-6-8-14-25(23)30(28)32/h3-17,27H,2,18-21H2,1H3,(H,34,37)/t27-/m0/s1. The summed E-state index contributed by atoms with van der Waals surface area (Å²) >= 11 is 3.59. The Morgan fingerprint density at radius 1 is 0.947 bits per heavy atom. The highest BCUT2D eigenvalue weighted by atomic mass is 79.9. The first-order valence-electron chi connectivity index (χ1n) is 12.6. The van der Waals surface area contributed by atoms with Crippen LogP contribution in [0.1, 0.15) is 24.5 Å². The van der Waals surface area contributed by atoms with Crippen molar-refractivity contribution in [1.29, 1.82) is 0 Å². The fourth-order valence-electron chi connectivity index (χ4n) is 4.28. The highest BCUT2D eigenvalue weighted by molar-refractivity contribution is 9.10. The molecule has 0 spiro atoms. The number of ether oxygens (including phenoxy) is 1. The Kier molecular flexibility index (Phi) is 9.49. The van der Waals surface area contributed by atoms with Gasteiger partial charge in [-0.1, -0.05) is 85.8 Å². The summed E-state index contributed by atoms with van der Waals surface area (Å²) in [4.78, 5) is 28.5. The smallest absolute Gasteiger partial charge is 0.261 e. The summed E-state index contributed by atoms with van der Waals surface area (Å²) in [6, 6.07) is 26.5. The molecule has 0 radical (unpaired) electrons. The van der Waals surface area contributed by atoms with Gasteiger partial charge in [-0.05, 0) is 50.8 Å². The first-order valence-corrected chi connectivity index (χ1v) is 13.4. The van der Waals surface area contributed by atoms with Gasteiger partial charge in [0.25, 0.3) is 5.91 Å². The fourth-order valence-corrected chi connectivity index (χ4v) is 4.89. The second-order valence-electron chi connectivity index (χ2n) is 9.00. The molecule has 4 aromatic carbocycles. The Bertz CT molecular complexity index is 1400. The molecule has 0 unspecified atom stereocenters. The summed E-state index contributed by atoms with van der Waals surface area (Å²) in [6.45, 7) is 2.07. The van der Waals surface area contributed by atoms with Crippen molar-refractivity contribution in [3.8, 4) is 5.75 Å². The van der Waals surface area contributed by atoms with Gasteiger partial charge in [-0.3, -0.25) is 9.59 Å². The van der Waals surface area contributed by atoms with Crippen molar-refractivity contribution in [2.45, 2.75) is 32.4 Å². The second kappa shape index (κ2) is 13.2. The lowest BCUT2D eigenvalue weighted by atomic mass is 10.0. The van der Waals surface area contributed by atoms with Gasteiger partial charge in [-0.15, -0.1) is 0 Å². The van der Waals surface area contributed by atoms with Crippen LogP contribution in [0.3, 0.4) is 0 Å². The summed E-state index contributed by atoms with van der Waals surface area (Å²) in [5.41, 5.74) is 1.22. The van der Waals surface area contributed by atoms with E-state index in [4.69, 9.17) is 4.74 Å². The number of nitrogens with one attached hydrogen (secondary N) is 1. The van der Waals surface area contributed by atoms with Gasteiger partial charge in [0.15, 0.2) is 6.61 Å². The number of benzene rings is 4. The number of amides is 2. The van der Waals surface area contributed by atoms with E-state index in [-0.39, 0.29) is 25.5 Å². The number of hydrogen-bond acceptors (Lipinski definition) is 3. The highest BCUT2D eigenvalue weighted by Gasteiger charge is 2.31. The van der Waals surface area contributed by atoms with E-state index in [2.05, 4.69) is 21.2 Å².